The van der Waals surface area contributed by atoms with Crippen LogP contribution < -0.4 is 5.32 Å². The molecule has 8 heteroatoms. The van der Waals surface area contributed by atoms with E-state index in [1.165, 1.54) is 17.0 Å². The number of methoxy groups -OCH3 is 1. The first-order valence-corrected chi connectivity index (χ1v) is 11.4. The first kappa shape index (κ1) is 22.5. The molecule has 8 nitrogen and oxygen atoms in total. The molecule has 35 heavy (non-hydrogen) atoms. The van der Waals surface area contributed by atoms with Gasteiger partial charge >= 0.3 is 0 Å². The molecule has 0 aliphatic carbocycles. The van der Waals surface area contributed by atoms with Crippen LogP contribution in [-0.4, -0.2) is 52.7 Å². The minimum atomic E-state index is -0.392. The zero-order valence-corrected chi connectivity index (χ0v) is 19.2. The number of carbonyl (C=O) groups excluding carboxylic acids is 3. The summed E-state index contributed by atoms with van der Waals surface area (Å²) in [7, 11) is 1.57. The third-order valence-electron chi connectivity index (χ3n) is 6.12. The summed E-state index contributed by atoms with van der Waals surface area (Å²) < 4.78 is 6.73. The van der Waals surface area contributed by atoms with Gasteiger partial charge in [-0.15, -0.1) is 0 Å². The number of fused-ring (bicyclic) bond motifs is 2. The quantitative estimate of drug-likeness (QED) is 0.312. The number of anilines is 1. The first-order valence-electron chi connectivity index (χ1n) is 11.4. The fourth-order valence-corrected chi connectivity index (χ4v) is 4.35. The Morgan fingerprint density at radius 2 is 1.77 bits per heavy atom. The maximum absolute atomic E-state index is 13.0. The molecule has 0 radical (unpaired) electrons. The van der Waals surface area contributed by atoms with Gasteiger partial charge in [0, 0.05) is 31.9 Å². The van der Waals surface area contributed by atoms with Gasteiger partial charge in [0.1, 0.15) is 5.82 Å². The minimum absolute atomic E-state index is 0.240. The number of nitrogens with zero attached hydrogens (tertiary/aromatic N) is 3. The average molecular weight is 469 g/mol. The normalized spacial score (nSPS) is 12.9. The number of hydrogen-bond acceptors (Lipinski definition) is 5. The van der Waals surface area contributed by atoms with Crippen LogP contribution in [0.3, 0.4) is 0 Å². The molecule has 5 rings (SSSR count). The molecular formula is C27H24N4O4. The largest absolute Gasteiger partial charge is 0.385 e. The molecule has 3 aromatic carbocycles. The highest BCUT2D eigenvalue weighted by atomic mass is 16.5. The van der Waals surface area contributed by atoms with Crippen molar-refractivity contribution in [2.45, 2.75) is 13.0 Å². The molecule has 0 saturated carbocycles. The van der Waals surface area contributed by atoms with Gasteiger partial charge in [0.2, 0.25) is 0 Å². The Labute approximate surface area is 202 Å². The van der Waals surface area contributed by atoms with E-state index in [0.29, 0.717) is 36.5 Å². The van der Waals surface area contributed by atoms with Crippen molar-refractivity contribution in [3.63, 3.8) is 0 Å². The molecule has 1 N–H and O–H groups in total. The van der Waals surface area contributed by atoms with Crippen LogP contribution in [0, 0.1) is 0 Å². The van der Waals surface area contributed by atoms with Crippen LogP contribution in [0.2, 0.25) is 0 Å². The van der Waals surface area contributed by atoms with Crippen LogP contribution in [0.1, 0.15) is 43.1 Å². The number of rotatable bonds is 8. The van der Waals surface area contributed by atoms with E-state index < -0.39 is 5.91 Å². The topological polar surface area (TPSA) is 93.5 Å². The van der Waals surface area contributed by atoms with Crippen LogP contribution in [-0.2, 0) is 11.3 Å². The molecule has 0 spiro atoms. The van der Waals surface area contributed by atoms with E-state index in [1.54, 1.807) is 30.1 Å². The maximum atomic E-state index is 13.0. The Kier molecular flexibility index (Phi) is 6.12. The second kappa shape index (κ2) is 9.52. The number of ether oxygens (including phenoxy) is 1. The molecule has 0 unspecified atom stereocenters. The molecule has 0 saturated heterocycles. The number of aromatic nitrogens is 2. The Balaban J connectivity index is 1.34. The Morgan fingerprint density at radius 3 is 2.63 bits per heavy atom. The van der Waals surface area contributed by atoms with E-state index in [9.17, 15) is 14.4 Å². The van der Waals surface area contributed by atoms with E-state index in [-0.39, 0.29) is 23.9 Å². The van der Waals surface area contributed by atoms with Crippen molar-refractivity contribution in [1.82, 2.24) is 14.7 Å². The lowest BCUT2D eigenvalue weighted by molar-refractivity contribution is 0.0638. The monoisotopic (exact) mass is 468 g/mol. The molecule has 0 fully saturated rings. The van der Waals surface area contributed by atoms with E-state index in [1.807, 2.05) is 24.3 Å². The van der Waals surface area contributed by atoms with Crippen molar-refractivity contribution in [3.05, 3.63) is 95.2 Å². The van der Waals surface area contributed by atoms with Gasteiger partial charge in [-0.05, 0) is 41.0 Å². The zero-order valence-electron chi connectivity index (χ0n) is 19.2. The summed E-state index contributed by atoms with van der Waals surface area (Å²) in [6.45, 7) is 1.21. The predicted octanol–water partition coefficient (Wildman–Crippen LogP) is 3.97. The number of hydrogen-bond donors (Lipinski definition) is 1. The maximum Gasteiger partial charge on any atom is 0.261 e. The fourth-order valence-electron chi connectivity index (χ4n) is 4.35. The Morgan fingerprint density at radius 1 is 0.971 bits per heavy atom. The molecule has 4 aromatic rings. The van der Waals surface area contributed by atoms with Gasteiger partial charge in [-0.1, -0.05) is 42.5 Å². The van der Waals surface area contributed by atoms with Crippen molar-refractivity contribution in [2.24, 2.45) is 0 Å². The smallest absolute Gasteiger partial charge is 0.261 e. The van der Waals surface area contributed by atoms with Crippen LogP contribution in [0.15, 0.2) is 72.9 Å². The summed E-state index contributed by atoms with van der Waals surface area (Å²) in [4.78, 5) is 39.6. The van der Waals surface area contributed by atoms with Crippen molar-refractivity contribution in [3.8, 4) is 0 Å². The van der Waals surface area contributed by atoms with E-state index in [4.69, 9.17) is 4.74 Å². The lowest BCUT2D eigenvalue weighted by Crippen LogP contribution is -2.31. The standard InChI is InChI=1S/C27H24N4O4/c1-35-15-5-14-30-26(33)22-11-10-19(16-23(22)27(30)34)25(32)29-24-12-13-28-31(24)17-20-8-4-7-18-6-2-3-9-21(18)20/h2-4,6-13,16H,5,14-15,17H2,1H3,(H,29,32). The summed E-state index contributed by atoms with van der Waals surface area (Å²) in [5, 5.41) is 9.52. The first-order chi connectivity index (χ1) is 17.1. The fraction of sp³-hybridized carbons (Fsp3) is 0.185. The van der Waals surface area contributed by atoms with Gasteiger partial charge in [-0.3, -0.25) is 19.3 Å². The van der Waals surface area contributed by atoms with Gasteiger partial charge < -0.3 is 10.1 Å². The molecule has 1 aliphatic heterocycles. The molecule has 2 heterocycles. The van der Waals surface area contributed by atoms with Crippen molar-refractivity contribution in [1.29, 1.82) is 0 Å². The van der Waals surface area contributed by atoms with Gasteiger partial charge in [0.15, 0.2) is 0 Å². The second-order valence-electron chi connectivity index (χ2n) is 8.34. The zero-order chi connectivity index (χ0) is 24.4. The van der Waals surface area contributed by atoms with E-state index in [2.05, 4.69) is 28.6 Å². The predicted molar refractivity (Wildman–Crippen MR) is 132 cm³/mol. The Hall–Kier alpha value is -4.30. The van der Waals surface area contributed by atoms with Gasteiger partial charge in [0.05, 0.1) is 23.9 Å². The van der Waals surface area contributed by atoms with Crippen molar-refractivity contribution < 1.29 is 19.1 Å². The Bertz CT molecular complexity index is 1440. The van der Waals surface area contributed by atoms with Gasteiger partial charge in [0.25, 0.3) is 17.7 Å². The summed E-state index contributed by atoms with van der Waals surface area (Å²) in [5.74, 6) is -0.587. The molecular weight excluding hydrogens is 444 g/mol. The van der Waals surface area contributed by atoms with Crippen LogP contribution in [0.5, 0.6) is 0 Å². The van der Waals surface area contributed by atoms with Crippen molar-refractivity contribution >= 4 is 34.3 Å². The molecule has 1 aliphatic rings. The van der Waals surface area contributed by atoms with Gasteiger partial charge in [-0.2, -0.15) is 5.10 Å². The SMILES string of the molecule is COCCCN1C(=O)c2ccc(C(=O)Nc3ccnn3Cc3cccc4ccccc34)cc2C1=O. The number of carbonyl (C=O) groups is 3. The number of imide groups is 1. The third-order valence-corrected chi connectivity index (χ3v) is 6.12. The minimum Gasteiger partial charge on any atom is -0.385 e. The summed E-state index contributed by atoms with van der Waals surface area (Å²) >= 11 is 0. The van der Waals surface area contributed by atoms with E-state index >= 15 is 0 Å². The highest BCUT2D eigenvalue weighted by Gasteiger charge is 2.35. The van der Waals surface area contributed by atoms with Crippen LogP contribution in [0.25, 0.3) is 10.8 Å². The summed E-state index contributed by atoms with van der Waals surface area (Å²) in [6.07, 6.45) is 2.18. The van der Waals surface area contributed by atoms with Crippen LogP contribution in [0.4, 0.5) is 5.82 Å². The molecule has 1 aromatic heterocycles. The molecule has 0 bridgehead atoms. The molecule has 176 valence electrons. The van der Waals surface area contributed by atoms with E-state index in [0.717, 1.165) is 16.3 Å². The lowest BCUT2D eigenvalue weighted by atomic mass is 10.0. The average Bonchev–Trinajstić information content (AvgIpc) is 3.41. The summed E-state index contributed by atoms with van der Waals surface area (Å²) in [5.41, 5.74) is 1.92. The second-order valence-corrected chi connectivity index (χ2v) is 8.34. The highest BCUT2D eigenvalue weighted by molar-refractivity contribution is 6.22. The summed E-state index contributed by atoms with van der Waals surface area (Å²) in [6, 6.07) is 20.5. The highest BCUT2D eigenvalue weighted by Crippen LogP contribution is 2.25. The number of nitrogens with one attached hydrogen (secondary N) is 1. The molecule has 3 amide bonds. The van der Waals surface area contributed by atoms with Gasteiger partial charge in [-0.25, -0.2) is 4.68 Å². The number of benzene rings is 3. The lowest BCUT2D eigenvalue weighted by Gasteiger charge is -2.12. The van der Waals surface area contributed by atoms with Crippen molar-refractivity contribution in [2.75, 3.05) is 25.6 Å². The number of amides is 3. The third kappa shape index (κ3) is 4.31. The molecule has 0 atom stereocenters. The van der Waals surface area contributed by atoms with Crippen LogP contribution >= 0.6 is 0 Å².